The number of aromatic nitrogens is 1. The zero-order valence-electron chi connectivity index (χ0n) is 12.4. The van der Waals surface area contributed by atoms with Crippen molar-refractivity contribution in [2.24, 2.45) is 0 Å². The quantitative estimate of drug-likeness (QED) is 0.914. The van der Waals surface area contributed by atoms with Crippen LogP contribution in [-0.2, 0) is 6.54 Å². The first kappa shape index (κ1) is 15.7. The number of rotatable bonds is 5. The molecule has 0 fully saturated rings. The number of hydrogen-bond donors (Lipinski definition) is 1. The molecule has 112 valence electrons. The maximum absolute atomic E-state index is 12.7. The number of amides is 1. The topological polar surface area (TPSA) is 77.2 Å². The monoisotopic (exact) mass is 295 g/mol. The van der Waals surface area contributed by atoms with Crippen molar-refractivity contribution < 1.29 is 9.90 Å². The highest BCUT2D eigenvalue weighted by atomic mass is 16.3. The molecule has 2 rings (SSSR count). The molecule has 0 aliphatic rings. The van der Waals surface area contributed by atoms with Gasteiger partial charge in [0.25, 0.3) is 5.91 Å². The van der Waals surface area contributed by atoms with Gasteiger partial charge in [-0.1, -0.05) is 6.07 Å². The number of nitriles is 1. The molecule has 0 unspecified atom stereocenters. The molecule has 1 amide bonds. The number of aliphatic hydroxyl groups is 1. The Morgan fingerprint density at radius 2 is 2.23 bits per heavy atom. The van der Waals surface area contributed by atoms with Crippen molar-refractivity contribution in [3.63, 3.8) is 0 Å². The summed E-state index contributed by atoms with van der Waals surface area (Å²) in [4.78, 5) is 18.3. The Balaban J connectivity index is 2.25. The van der Waals surface area contributed by atoms with E-state index in [9.17, 15) is 9.90 Å². The molecule has 5 heteroatoms. The van der Waals surface area contributed by atoms with Crippen molar-refractivity contribution in [2.75, 3.05) is 13.2 Å². The summed E-state index contributed by atoms with van der Waals surface area (Å²) in [6.45, 7) is 2.32. The van der Waals surface area contributed by atoms with E-state index >= 15 is 0 Å². The molecule has 0 bridgehead atoms. The fourth-order valence-corrected chi connectivity index (χ4v) is 2.23. The average Bonchev–Trinajstić information content (AvgIpc) is 2.54. The lowest BCUT2D eigenvalue weighted by molar-refractivity contribution is 0.0707. The van der Waals surface area contributed by atoms with Crippen molar-refractivity contribution in [3.05, 3.63) is 65.0 Å². The molecule has 2 aromatic rings. The van der Waals surface area contributed by atoms with Gasteiger partial charge in [-0.3, -0.25) is 9.78 Å². The van der Waals surface area contributed by atoms with Crippen LogP contribution in [0.5, 0.6) is 0 Å². The molecule has 1 heterocycles. The predicted octanol–water partition coefficient (Wildman–Crippen LogP) is 1.90. The van der Waals surface area contributed by atoms with Crippen LogP contribution >= 0.6 is 0 Å². The molecule has 0 radical (unpaired) electrons. The second-order valence-corrected chi connectivity index (χ2v) is 4.95. The summed E-state index contributed by atoms with van der Waals surface area (Å²) in [5.41, 5.74) is 2.71. The van der Waals surface area contributed by atoms with Crippen LogP contribution in [0.25, 0.3) is 0 Å². The van der Waals surface area contributed by atoms with Crippen LogP contribution < -0.4 is 0 Å². The third kappa shape index (κ3) is 3.68. The molecular formula is C17H17N3O2. The highest BCUT2D eigenvalue weighted by Gasteiger charge is 2.18. The van der Waals surface area contributed by atoms with Crippen LogP contribution in [0.3, 0.4) is 0 Å². The molecule has 1 aromatic carbocycles. The zero-order valence-corrected chi connectivity index (χ0v) is 12.4. The number of carbonyl (C=O) groups excluding carboxylic acids is 1. The number of hydrogen-bond acceptors (Lipinski definition) is 4. The Morgan fingerprint density at radius 3 is 2.82 bits per heavy atom. The van der Waals surface area contributed by atoms with Gasteiger partial charge in [0.05, 0.1) is 18.2 Å². The summed E-state index contributed by atoms with van der Waals surface area (Å²) in [6, 6.07) is 10.7. The number of aryl methyl sites for hydroxylation is 1. The molecule has 0 aliphatic carbocycles. The molecule has 22 heavy (non-hydrogen) atoms. The minimum Gasteiger partial charge on any atom is -0.395 e. The van der Waals surface area contributed by atoms with Gasteiger partial charge in [-0.2, -0.15) is 5.26 Å². The lowest BCUT2D eigenvalue weighted by Crippen LogP contribution is -2.33. The van der Waals surface area contributed by atoms with E-state index in [4.69, 9.17) is 5.26 Å². The largest absolute Gasteiger partial charge is 0.395 e. The fraction of sp³-hybridized carbons (Fsp3) is 0.235. The SMILES string of the molecule is Cc1cc(C#N)ccc1C(=O)N(CCO)Cc1cccnc1. The van der Waals surface area contributed by atoms with E-state index in [2.05, 4.69) is 11.1 Å². The van der Waals surface area contributed by atoms with Gasteiger partial charge in [-0.25, -0.2) is 0 Å². The van der Waals surface area contributed by atoms with Gasteiger partial charge < -0.3 is 10.0 Å². The minimum atomic E-state index is -0.167. The van der Waals surface area contributed by atoms with E-state index in [0.29, 0.717) is 17.7 Å². The van der Waals surface area contributed by atoms with E-state index in [1.54, 1.807) is 42.4 Å². The van der Waals surface area contributed by atoms with Crippen molar-refractivity contribution in [3.8, 4) is 6.07 Å². The second-order valence-electron chi connectivity index (χ2n) is 4.95. The maximum atomic E-state index is 12.7. The van der Waals surface area contributed by atoms with Crippen LogP contribution in [0.15, 0.2) is 42.7 Å². The Hall–Kier alpha value is -2.71. The highest BCUT2D eigenvalue weighted by Crippen LogP contribution is 2.15. The Morgan fingerprint density at radius 1 is 1.41 bits per heavy atom. The zero-order chi connectivity index (χ0) is 15.9. The maximum Gasteiger partial charge on any atom is 0.254 e. The van der Waals surface area contributed by atoms with Crippen LogP contribution in [0.1, 0.15) is 27.0 Å². The van der Waals surface area contributed by atoms with Gasteiger partial charge in [-0.15, -0.1) is 0 Å². The molecule has 0 atom stereocenters. The Kier molecular flexibility index (Phi) is 5.23. The molecule has 0 saturated carbocycles. The second kappa shape index (κ2) is 7.34. The highest BCUT2D eigenvalue weighted by molar-refractivity contribution is 5.95. The molecule has 0 saturated heterocycles. The lowest BCUT2D eigenvalue weighted by Gasteiger charge is -2.22. The van der Waals surface area contributed by atoms with Gasteiger partial charge in [-0.05, 0) is 42.3 Å². The summed E-state index contributed by atoms with van der Waals surface area (Å²) in [5, 5.41) is 18.1. The van der Waals surface area contributed by atoms with E-state index < -0.39 is 0 Å². The number of nitrogens with zero attached hydrogens (tertiary/aromatic N) is 3. The Labute approximate surface area is 129 Å². The third-order valence-electron chi connectivity index (χ3n) is 3.34. The number of carbonyl (C=O) groups is 1. The normalized spacial score (nSPS) is 10.0. The number of aliphatic hydroxyl groups excluding tert-OH is 1. The van der Waals surface area contributed by atoms with Crippen molar-refractivity contribution in [2.45, 2.75) is 13.5 Å². The van der Waals surface area contributed by atoms with Crippen LogP contribution in [0.2, 0.25) is 0 Å². The van der Waals surface area contributed by atoms with Gasteiger partial charge in [0.1, 0.15) is 0 Å². The first-order chi connectivity index (χ1) is 10.7. The average molecular weight is 295 g/mol. The summed E-state index contributed by atoms with van der Waals surface area (Å²) < 4.78 is 0. The van der Waals surface area contributed by atoms with Crippen LogP contribution in [-0.4, -0.2) is 34.0 Å². The van der Waals surface area contributed by atoms with Gasteiger partial charge in [0, 0.05) is 31.0 Å². The van der Waals surface area contributed by atoms with Crippen molar-refractivity contribution in [1.29, 1.82) is 5.26 Å². The summed E-state index contributed by atoms with van der Waals surface area (Å²) in [5.74, 6) is -0.167. The van der Waals surface area contributed by atoms with E-state index in [-0.39, 0.29) is 19.1 Å². The summed E-state index contributed by atoms with van der Waals surface area (Å²) in [6.07, 6.45) is 3.37. The van der Waals surface area contributed by atoms with E-state index in [0.717, 1.165) is 11.1 Å². The smallest absolute Gasteiger partial charge is 0.254 e. The molecular weight excluding hydrogens is 278 g/mol. The first-order valence-corrected chi connectivity index (χ1v) is 6.95. The lowest BCUT2D eigenvalue weighted by atomic mass is 10.0. The molecule has 5 nitrogen and oxygen atoms in total. The van der Waals surface area contributed by atoms with E-state index in [1.807, 2.05) is 12.1 Å². The van der Waals surface area contributed by atoms with E-state index in [1.165, 1.54) is 0 Å². The van der Waals surface area contributed by atoms with Gasteiger partial charge >= 0.3 is 0 Å². The van der Waals surface area contributed by atoms with Gasteiger partial charge in [0.15, 0.2) is 0 Å². The molecule has 0 spiro atoms. The minimum absolute atomic E-state index is 0.110. The number of pyridine rings is 1. The predicted molar refractivity (Wildman–Crippen MR) is 82.0 cm³/mol. The molecule has 1 aromatic heterocycles. The fourth-order valence-electron chi connectivity index (χ4n) is 2.23. The molecule has 1 N–H and O–H groups in total. The molecule has 0 aliphatic heterocycles. The standard InChI is InChI=1S/C17H17N3O2/c1-13-9-14(10-18)4-5-16(13)17(22)20(7-8-21)12-15-3-2-6-19-11-15/h2-6,9,11,21H,7-8,12H2,1H3. The number of benzene rings is 1. The van der Waals surface area contributed by atoms with Crippen LogP contribution in [0, 0.1) is 18.3 Å². The first-order valence-electron chi connectivity index (χ1n) is 6.95. The third-order valence-corrected chi connectivity index (χ3v) is 3.34. The van der Waals surface area contributed by atoms with Crippen molar-refractivity contribution >= 4 is 5.91 Å². The van der Waals surface area contributed by atoms with Gasteiger partial charge in [0.2, 0.25) is 0 Å². The van der Waals surface area contributed by atoms with Crippen LogP contribution in [0.4, 0.5) is 0 Å². The van der Waals surface area contributed by atoms with Crippen molar-refractivity contribution in [1.82, 2.24) is 9.88 Å². The summed E-state index contributed by atoms with van der Waals surface area (Å²) in [7, 11) is 0. The summed E-state index contributed by atoms with van der Waals surface area (Å²) >= 11 is 0. The Bertz CT molecular complexity index is 693.